The number of aliphatic hydroxyl groups excluding tert-OH is 1. The summed E-state index contributed by atoms with van der Waals surface area (Å²) in [5.41, 5.74) is 1.10. The first-order valence-corrected chi connectivity index (χ1v) is 10.2. The molecule has 146 valence electrons. The zero-order valence-corrected chi connectivity index (χ0v) is 16.4. The second-order valence-electron chi connectivity index (χ2n) is 7.02. The Balaban J connectivity index is 1.40. The molecule has 1 saturated heterocycles. The summed E-state index contributed by atoms with van der Waals surface area (Å²) in [5, 5.41) is 14.7. The lowest BCUT2D eigenvalue weighted by molar-refractivity contribution is -0.153. The van der Waals surface area contributed by atoms with E-state index in [9.17, 15) is 9.90 Å². The lowest BCUT2D eigenvalue weighted by Crippen LogP contribution is -2.39. The number of aliphatic hydroxyl groups is 1. The molecule has 1 aromatic heterocycles. The zero-order valence-electron chi connectivity index (χ0n) is 15.6. The minimum absolute atomic E-state index is 0.116. The summed E-state index contributed by atoms with van der Waals surface area (Å²) in [6.07, 6.45) is -0.363. The Morgan fingerprint density at radius 3 is 2.75 bits per heavy atom. The van der Waals surface area contributed by atoms with Gasteiger partial charge in [-0.25, -0.2) is 0 Å². The summed E-state index contributed by atoms with van der Waals surface area (Å²) in [5.74, 6) is 0.494. The Bertz CT molecular complexity index is 920. The maximum Gasteiger partial charge on any atom is 0.311 e. The van der Waals surface area contributed by atoms with Crippen LogP contribution in [0, 0.1) is 0 Å². The first-order chi connectivity index (χ1) is 13.6. The van der Waals surface area contributed by atoms with Crippen molar-refractivity contribution >= 4 is 27.4 Å². The smallest absolute Gasteiger partial charge is 0.311 e. The third kappa shape index (κ3) is 4.19. The third-order valence-corrected chi connectivity index (χ3v) is 6.16. The molecular formula is C22H23NO4S. The van der Waals surface area contributed by atoms with Gasteiger partial charge in [0.2, 0.25) is 0 Å². The van der Waals surface area contributed by atoms with E-state index in [2.05, 4.69) is 5.32 Å². The Hall–Kier alpha value is -2.41. The van der Waals surface area contributed by atoms with Gasteiger partial charge in [0.1, 0.15) is 18.0 Å². The van der Waals surface area contributed by atoms with Crippen LogP contribution >= 0.6 is 11.3 Å². The van der Waals surface area contributed by atoms with Crippen LogP contribution in [0.5, 0.6) is 5.75 Å². The average molecular weight is 397 g/mol. The number of hydrogen-bond acceptors (Lipinski definition) is 6. The Morgan fingerprint density at radius 1 is 1.21 bits per heavy atom. The van der Waals surface area contributed by atoms with Gasteiger partial charge in [-0.3, -0.25) is 4.79 Å². The van der Waals surface area contributed by atoms with Gasteiger partial charge in [-0.15, -0.1) is 11.3 Å². The summed E-state index contributed by atoms with van der Waals surface area (Å²) in [6, 6.07) is 17.8. The SMILES string of the molecule is COc1ccc(C[C@H]2NC[C@H](O)[C@H]2OC(=O)Cc2cc3ccccc3s2)cc1. The first kappa shape index (κ1) is 18.9. The van der Waals surface area contributed by atoms with Crippen LogP contribution in [0.1, 0.15) is 10.4 Å². The molecule has 0 bridgehead atoms. The van der Waals surface area contributed by atoms with Crippen molar-refractivity contribution in [3.8, 4) is 5.75 Å². The fourth-order valence-electron chi connectivity index (χ4n) is 3.60. The van der Waals surface area contributed by atoms with Crippen molar-refractivity contribution in [2.45, 2.75) is 31.1 Å². The van der Waals surface area contributed by atoms with Gasteiger partial charge in [-0.1, -0.05) is 30.3 Å². The average Bonchev–Trinajstić information content (AvgIpc) is 3.26. The van der Waals surface area contributed by atoms with E-state index in [1.54, 1.807) is 18.4 Å². The maximum atomic E-state index is 12.5. The molecule has 5 nitrogen and oxygen atoms in total. The highest BCUT2D eigenvalue weighted by atomic mass is 32.1. The van der Waals surface area contributed by atoms with E-state index in [4.69, 9.17) is 9.47 Å². The summed E-state index contributed by atoms with van der Waals surface area (Å²) in [4.78, 5) is 13.5. The van der Waals surface area contributed by atoms with Crippen molar-refractivity contribution in [1.82, 2.24) is 5.32 Å². The number of β-amino-alcohol motifs (C(OH)–C–C–N with tert-alkyl or cyclic N) is 1. The number of rotatable bonds is 6. The van der Waals surface area contributed by atoms with Crippen molar-refractivity contribution in [1.29, 1.82) is 0 Å². The predicted molar refractivity (Wildman–Crippen MR) is 110 cm³/mol. The highest BCUT2D eigenvalue weighted by molar-refractivity contribution is 7.19. The fraction of sp³-hybridized carbons (Fsp3) is 0.318. The minimum atomic E-state index is -0.699. The number of fused-ring (bicyclic) bond motifs is 1. The predicted octanol–water partition coefficient (Wildman–Crippen LogP) is 2.94. The Kier molecular flexibility index (Phi) is 5.62. The monoisotopic (exact) mass is 397 g/mol. The Morgan fingerprint density at radius 2 is 2.00 bits per heavy atom. The van der Waals surface area contributed by atoms with E-state index >= 15 is 0 Å². The number of hydrogen-bond donors (Lipinski definition) is 2. The molecule has 3 atom stereocenters. The number of esters is 1. The minimum Gasteiger partial charge on any atom is -0.497 e. The van der Waals surface area contributed by atoms with Crippen LogP contribution in [0.3, 0.4) is 0 Å². The van der Waals surface area contributed by atoms with Crippen LogP contribution in [0.4, 0.5) is 0 Å². The van der Waals surface area contributed by atoms with Crippen molar-refractivity contribution in [3.63, 3.8) is 0 Å². The number of thiophene rings is 1. The van der Waals surface area contributed by atoms with E-state index in [-0.39, 0.29) is 18.4 Å². The van der Waals surface area contributed by atoms with E-state index in [0.29, 0.717) is 13.0 Å². The van der Waals surface area contributed by atoms with Crippen molar-refractivity contribution < 1.29 is 19.4 Å². The molecule has 0 unspecified atom stereocenters. The van der Waals surface area contributed by atoms with Crippen LogP contribution in [-0.4, -0.2) is 43.0 Å². The molecule has 0 amide bonds. The van der Waals surface area contributed by atoms with E-state index in [1.165, 1.54) is 0 Å². The van der Waals surface area contributed by atoms with E-state index < -0.39 is 12.2 Å². The first-order valence-electron chi connectivity index (χ1n) is 9.33. The molecule has 0 spiro atoms. The Labute approximate surface area is 167 Å². The lowest BCUT2D eigenvalue weighted by atomic mass is 10.0. The van der Waals surface area contributed by atoms with E-state index in [1.807, 2.05) is 54.6 Å². The standard InChI is InChI=1S/C22H23NO4S/c1-26-16-8-6-14(7-9-16)10-18-22(19(24)13-23-18)27-21(25)12-17-11-15-4-2-3-5-20(15)28-17/h2-9,11,18-19,22-24H,10,12-13H2,1H3/t18-,19+,22+/m1/s1. The molecule has 0 aliphatic carbocycles. The quantitative estimate of drug-likeness (QED) is 0.626. The van der Waals surface area contributed by atoms with Gasteiger partial charge < -0.3 is 19.9 Å². The van der Waals surface area contributed by atoms with Crippen molar-refractivity contribution in [2.75, 3.05) is 13.7 Å². The van der Waals surface area contributed by atoms with Crippen LogP contribution in [-0.2, 0) is 22.4 Å². The molecular weight excluding hydrogens is 374 g/mol. The molecule has 2 heterocycles. The molecule has 6 heteroatoms. The highest BCUT2D eigenvalue weighted by Crippen LogP contribution is 2.26. The van der Waals surface area contributed by atoms with Gasteiger partial charge in [0, 0.05) is 16.1 Å². The van der Waals surface area contributed by atoms with Crippen LogP contribution in [0.25, 0.3) is 10.1 Å². The number of benzene rings is 2. The van der Waals surface area contributed by atoms with Gasteiger partial charge in [0.25, 0.3) is 0 Å². The molecule has 0 saturated carbocycles. The van der Waals surface area contributed by atoms with Gasteiger partial charge in [0.05, 0.1) is 19.6 Å². The number of ether oxygens (including phenoxy) is 2. The third-order valence-electron chi connectivity index (χ3n) is 5.04. The molecule has 1 fully saturated rings. The second-order valence-corrected chi connectivity index (χ2v) is 8.18. The highest BCUT2D eigenvalue weighted by Gasteiger charge is 2.37. The summed E-state index contributed by atoms with van der Waals surface area (Å²) < 4.78 is 12.0. The zero-order chi connectivity index (χ0) is 19.5. The summed E-state index contributed by atoms with van der Waals surface area (Å²) in [7, 11) is 1.63. The molecule has 2 aromatic carbocycles. The summed E-state index contributed by atoms with van der Waals surface area (Å²) in [6.45, 7) is 0.418. The molecule has 1 aliphatic heterocycles. The van der Waals surface area contributed by atoms with Gasteiger partial charge in [-0.05, 0) is 41.6 Å². The molecule has 28 heavy (non-hydrogen) atoms. The maximum absolute atomic E-state index is 12.5. The molecule has 4 rings (SSSR count). The largest absolute Gasteiger partial charge is 0.497 e. The van der Waals surface area contributed by atoms with Gasteiger partial charge >= 0.3 is 5.97 Å². The molecule has 3 aromatic rings. The fourth-order valence-corrected chi connectivity index (χ4v) is 4.65. The topological polar surface area (TPSA) is 67.8 Å². The van der Waals surface area contributed by atoms with E-state index in [0.717, 1.165) is 26.3 Å². The van der Waals surface area contributed by atoms with Crippen molar-refractivity contribution in [3.05, 3.63) is 65.0 Å². The van der Waals surface area contributed by atoms with Gasteiger partial charge in [0.15, 0.2) is 0 Å². The number of carbonyl (C=O) groups is 1. The normalized spacial score (nSPS) is 21.7. The van der Waals surface area contributed by atoms with Crippen molar-refractivity contribution in [2.24, 2.45) is 0 Å². The molecule has 0 radical (unpaired) electrons. The number of methoxy groups -OCH3 is 1. The van der Waals surface area contributed by atoms with Crippen LogP contribution in [0.2, 0.25) is 0 Å². The van der Waals surface area contributed by atoms with Crippen LogP contribution < -0.4 is 10.1 Å². The summed E-state index contributed by atoms with van der Waals surface area (Å²) >= 11 is 1.60. The molecule has 1 aliphatic rings. The molecule has 2 N–H and O–H groups in total. The lowest BCUT2D eigenvalue weighted by Gasteiger charge is -2.22. The number of nitrogens with one attached hydrogen (secondary N) is 1. The van der Waals surface area contributed by atoms with Crippen LogP contribution in [0.15, 0.2) is 54.6 Å². The van der Waals surface area contributed by atoms with Gasteiger partial charge in [-0.2, -0.15) is 0 Å². The second kappa shape index (κ2) is 8.31. The number of carbonyl (C=O) groups excluding carboxylic acids is 1.